The maximum atomic E-state index is 13.3. The average molecular weight is 353 g/mol. The number of rotatable bonds is 5. The van der Waals surface area contributed by atoms with E-state index in [9.17, 15) is 4.79 Å². The van der Waals surface area contributed by atoms with Gasteiger partial charge in [0.15, 0.2) is 0 Å². The van der Waals surface area contributed by atoms with Gasteiger partial charge in [-0.1, -0.05) is 95.7 Å². The first-order valence-electron chi connectivity index (χ1n) is 8.86. The van der Waals surface area contributed by atoms with Gasteiger partial charge in [-0.15, -0.1) is 5.10 Å². The van der Waals surface area contributed by atoms with E-state index in [1.54, 1.807) is 4.68 Å². The zero-order chi connectivity index (χ0) is 18.6. The molecule has 0 spiro atoms. The van der Waals surface area contributed by atoms with Crippen LogP contribution in [-0.2, 0) is 6.54 Å². The topological polar surface area (TPSA) is 47.8 Å². The fourth-order valence-electron chi connectivity index (χ4n) is 3.04. The highest BCUT2D eigenvalue weighted by Gasteiger charge is 2.23. The number of nitrogens with zero attached hydrogens (tertiary/aromatic N) is 3. The fraction of sp³-hybridized carbons (Fsp3) is 0.0870. The molecule has 4 rings (SSSR count). The van der Waals surface area contributed by atoms with Gasteiger partial charge in [0.25, 0.3) is 0 Å². The van der Waals surface area contributed by atoms with Crippen LogP contribution < -0.4 is 0 Å². The molecule has 4 heteroatoms. The monoisotopic (exact) mass is 353 g/mol. The lowest BCUT2D eigenvalue weighted by Crippen LogP contribution is -2.13. The second-order valence-electron chi connectivity index (χ2n) is 6.49. The van der Waals surface area contributed by atoms with E-state index in [4.69, 9.17) is 0 Å². The Morgan fingerprint density at radius 1 is 0.852 bits per heavy atom. The second kappa shape index (κ2) is 7.38. The van der Waals surface area contributed by atoms with Gasteiger partial charge < -0.3 is 0 Å². The van der Waals surface area contributed by atoms with E-state index in [-0.39, 0.29) is 5.78 Å². The summed E-state index contributed by atoms with van der Waals surface area (Å²) < 4.78 is 1.69. The predicted molar refractivity (Wildman–Crippen MR) is 106 cm³/mol. The van der Waals surface area contributed by atoms with Crippen molar-refractivity contribution in [2.24, 2.45) is 0 Å². The van der Waals surface area contributed by atoms with Gasteiger partial charge in [-0.25, -0.2) is 4.68 Å². The van der Waals surface area contributed by atoms with Crippen molar-refractivity contribution in [1.82, 2.24) is 15.0 Å². The molecule has 27 heavy (non-hydrogen) atoms. The molecule has 0 aliphatic carbocycles. The third-order valence-corrected chi connectivity index (χ3v) is 4.49. The molecule has 0 saturated heterocycles. The number of benzene rings is 3. The summed E-state index contributed by atoms with van der Waals surface area (Å²) in [4.78, 5) is 13.3. The van der Waals surface area contributed by atoms with Crippen molar-refractivity contribution in [1.29, 1.82) is 0 Å². The van der Waals surface area contributed by atoms with Crippen LogP contribution in [0.1, 0.15) is 27.2 Å². The predicted octanol–water partition coefficient (Wildman–Crippen LogP) is 4.53. The molecule has 0 N–H and O–H groups in total. The third-order valence-electron chi connectivity index (χ3n) is 4.49. The number of ketones is 1. The van der Waals surface area contributed by atoms with Crippen molar-refractivity contribution in [2.75, 3.05) is 0 Å². The van der Waals surface area contributed by atoms with Crippen molar-refractivity contribution in [3.63, 3.8) is 0 Å². The summed E-state index contributed by atoms with van der Waals surface area (Å²) in [6.07, 6.45) is 0. The number of hydrogen-bond acceptors (Lipinski definition) is 3. The summed E-state index contributed by atoms with van der Waals surface area (Å²) in [7, 11) is 0. The summed E-state index contributed by atoms with van der Waals surface area (Å²) in [5.41, 5.74) is 4.86. The molecule has 132 valence electrons. The highest BCUT2D eigenvalue weighted by Crippen LogP contribution is 2.24. The van der Waals surface area contributed by atoms with Crippen LogP contribution in [0.15, 0.2) is 84.9 Å². The molecular formula is C23H19N3O. The minimum atomic E-state index is -0.0768. The Kier molecular flexibility index (Phi) is 4.62. The molecule has 3 aromatic carbocycles. The smallest absolute Gasteiger partial charge is 0.213 e. The molecular weight excluding hydrogens is 334 g/mol. The van der Waals surface area contributed by atoms with Crippen LogP contribution in [-0.4, -0.2) is 20.8 Å². The Balaban J connectivity index is 1.82. The van der Waals surface area contributed by atoms with Crippen molar-refractivity contribution in [3.8, 4) is 11.3 Å². The van der Waals surface area contributed by atoms with Gasteiger partial charge in [0.1, 0.15) is 11.4 Å². The van der Waals surface area contributed by atoms with Gasteiger partial charge in [0.05, 0.1) is 6.54 Å². The minimum absolute atomic E-state index is 0.0768. The van der Waals surface area contributed by atoms with E-state index in [0.29, 0.717) is 23.5 Å². The summed E-state index contributed by atoms with van der Waals surface area (Å²) in [6.45, 7) is 2.53. The molecule has 0 atom stereocenters. The number of aromatic nitrogens is 3. The van der Waals surface area contributed by atoms with Crippen LogP contribution in [0.4, 0.5) is 0 Å². The lowest BCUT2D eigenvalue weighted by molar-refractivity contribution is 0.103. The summed E-state index contributed by atoms with van der Waals surface area (Å²) in [5.74, 6) is -0.0768. The number of aryl methyl sites for hydroxylation is 1. The van der Waals surface area contributed by atoms with E-state index in [1.165, 1.54) is 0 Å². The van der Waals surface area contributed by atoms with E-state index >= 15 is 0 Å². The van der Waals surface area contributed by atoms with E-state index in [2.05, 4.69) is 10.3 Å². The maximum Gasteiger partial charge on any atom is 0.213 e. The minimum Gasteiger partial charge on any atom is -0.287 e. The number of hydrogen-bond donors (Lipinski definition) is 0. The van der Waals surface area contributed by atoms with Crippen LogP contribution in [0.25, 0.3) is 11.3 Å². The Morgan fingerprint density at radius 3 is 2.15 bits per heavy atom. The Hall–Kier alpha value is -3.53. The van der Waals surface area contributed by atoms with Crippen molar-refractivity contribution >= 4 is 5.78 Å². The Morgan fingerprint density at radius 2 is 1.48 bits per heavy atom. The highest BCUT2D eigenvalue weighted by molar-refractivity contribution is 6.11. The molecule has 1 heterocycles. The van der Waals surface area contributed by atoms with Crippen molar-refractivity contribution < 1.29 is 4.79 Å². The zero-order valence-electron chi connectivity index (χ0n) is 15.0. The first-order valence-corrected chi connectivity index (χ1v) is 8.86. The first kappa shape index (κ1) is 16.9. The van der Waals surface area contributed by atoms with E-state index in [0.717, 1.165) is 16.7 Å². The number of carbonyl (C=O) groups excluding carboxylic acids is 1. The molecule has 0 aliphatic rings. The first-order chi connectivity index (χ1) is 13.2. The molecule has 4 nitrogen and oxygen atoms in total. The lowest BCUT2D eigenvalue weighted by atomic mass is 10.0. The molecule has 0 fully saturated rings. The maximum absolute atomic E-state index is 13.3. The van der Waals surface area contributed by atoms with Gasteiger partial charge in [-0.2, -0.15) is 0 Å². The van der Waals surface area contributed by atoms with Gasteiger partial charge in [0.2, 0.25) is 5.78 Å². The SMILES string of the molecule is Cc1ccc(-c2nnn(Cc3ccccc3)c2C(=O)c2ccccc2)cc1. The van der Waals surface area contributed by atoms with Crippen LogP contribution in [0.3, 0.4) is 0 Å². The van der Waals surface area contributed by atoms with Gasteiger partial charge in [0, 0.05) is 11.1 Å². The van der Waals surface area contributed by atoms with Gasteiger partial charge >= 0.3 is 0 Å². The molecule has 0 bridgehead atoms. The molecule has 0 radical (unpaired) electrons. The second-order valence-corrected chi connectivity index (χ2v) is 6.49. The average Bonchev–Trinajstić information content (AvgIpc) is 3.13. The zero-order valence-corrected chi connectivity index (χ0v) is 15.0. The summed E-state index contributed by atoms with van der Waals surface area (Å²) in [5, 5.41) is 8.65. The number of carbonyl (C=O) groups is 1. The van der Waals surface area contributed by atoms with E-state index < -0.39 is 0 Å². The molecule has 0 unspecified atom stereocenters. The van der Waals surface area contributed by atoms with Crippen molar-refractivity contribution in [2.45, 2.75) is 13.5 Å². The molecule has 0 aliphatic heterocycles. The molecule has 1 aromatic heterocycles. The highest BCUT2D eigenvalue weighted by atomic mass is 16.1. The van der Waals surface area contributed by atoms with Crippen LogP contribution in [0, 0.1) is 6.92 Å². The quantitative estimate of drug-likeness (QED) is 0.495. The third kappa shape index (κ3) is 3.55. The van der Waals surface area contributed by atoms with Crippen molar-refractivity contribution in [3.05, 3.63) is 107 Å². The van der Waals surface area contributed by atoms with Crippen LogP contribution >= 0.6 is 0 Å². The summed E-state index contributed by atoms with van der Waals surface area (Å²) in [6, 6.07) is 27.2. The van der Waals surface area contributed by atoms with Crippen LogP contribution in [0.2, 0.25) is 0 Å². The molecule has 0 amide bonds. The van der Waals surface area contributed by atoms with E-state index in [1.807, 2.05) is 91.9 Å². The van der Waals surface area contributed by atoms with Gasteiger partial charge in [-0.05, 0) is 12.5 Å². The Bertz CT molecular complexity index is 1050. The Labute approximate surface area is 158 Å². The summed E-state index contributed by atoms with van der Waals surface area (Å²) >= 11 is 0. The molecule has 4 aromatic rings. The fourth-order valence-corrected chi connectivity index (χ4v) is 3.04. The largest absolute Gasteiger partial charge is 0.287 e. The van der Waals surface area contributed by atoms with Crippen LogP contribution in [0.5, 0.6) is 0 Å². The normalized spacial score (nSPS) is 10.7. The van der Waals surface area contributed by atoms with Gasteiger partial charge in [-0.3, -0.25) is 4.79 Å². The lowest BCUT2D eigenvalue weighted by Gasteiger charge is -2.08. The standard InChI is InChI=1S/C23H19N3O/c1-17-12-14-19(15-13-17)21-22(23(27)20-10-6-3-7-11-20)26(25-24-21)16-18-8-4-2-5-9-18/h2-15H,16H2,1H3. The molecule has 0 saturated carbocycles.